The molecule has 0 saturated carbocycles. The second-order valence-corrected chi connectivity index (χ2v) is 9.87. The van der Waals surface area contributed by atoms with E-state index in [1.54, 1.807) is 35.8 Å². The number of halogens is 5. The van der Waals surface area contributed by atoms with Crippen LogP contribution < -0.4 is 10.5 Å². The summed E-state index contributed by atoms with van der Waals surface area (Å²) in [4.78, 5) is 36.8. The van der Waals surface area contributed by atoms with Gasteiger partial charge in [0.25, 0.3) is 12.4 Å². The fourth-order valence-corrected chi connectivity index (χ4v) is 4.72. The number of rotatable bonds is 9. The number of alkyl halides is 3. The maximum absolute atomic E-state index is 13.6. The summed E-state index contributed by atoms with van der Waals surface area (Å²) < 4.78 is 49.7. The van der Waals surface area contributed by atoms with Gasteiger partial charge in [-0.05, 0) is 67.9 Å². The predicted octanol–water partition coefficient (Wildman–Crippen LogP) is 6.31. The van der Waals surface area contributed by atoms with Crippen LogP contribution in [0.5, 0.6) is 5.75 Å². The molecule has 2 N–H and O–H groups in total. The molecule has 40 heavy (non-hydrogen) atoms. The smallest absolute Gasteiger partial charge is 0.446 e. The Labute approximate surface area is 236 Å². The Kier molecular flexibility index (Phi) is 7.87. The van der Waals surface area contributed by atoms with Crippen molar-refractivity contribution in [2.45, 2.75) is 32.4 Å². The third kappa shape index (κ3) is 5.64. The molecule has 0 aliphatic heterocycles. The lowest BCUT2D eigenvalue weighted by atomic mass is 9.93. The van der Waals surface area contributed by atoms with Crippen molar-refractivity contribution in [3.8, 4) is 5.75 Å². The highest BCUT2D eigenvalue weighted by molar-refractivity contribution is 6.31. The van der Waals surface area contributed by atoms with Gasteiger partial charge in [0.15, 0.2) is 5.78 Å². The Hall–Kier alpha value is -4.02. The van der Waals surface area contributed by atoms with Crippen LogP contribution in [0.1, 0.15) is 39.7 Å². The number of carbonyl (C=O) groups excluding carboxylic acids is 3. The van der Waals surface area contributed by atoms with E-state index in [0.29, 0.717) is 27.2 Å². The number of nitrogens with zero attached hydrogens (tertiary/aromatic N) is 1. The summed E-state index contributed by atoms with van der Waals surface area (Å²) in [6.07, 6.45) is -4.93. The zero-order valence-corrected chi connectivity index (χ0v) is 22.5. The topological polar surface area (TPSA) is 101 Å². The van der Waals surface area contributed by atoms with Gasteiger partial charge in [0, 0.05) is 44.9 Å². The molecule has 4 rings (SSSR count). The van der Waals surface area contributed by atoms with Crippen LogP contribution in [0.25, 0.3) is 10.9 Å². The Bertz CT molecular complexity index is 1630. The van der Waals surface area contributed by atoms with Crippen LogP contribution in [0.2, 0.25) is 10.0 Å². The van der Waals surface area contributed by atoms with E-state index in [1.165, 1.54) is 37.3 Å². The summed E-state index contributed by atoms with van der Waals surface area (Å²) in [5.41, 5.74) is 5.59. The van der Waals surface area contributed by atoms with Gasteiger partial charge in [-0.2, -0.15) is 0 Å². The zero-order chi connectivity index (χ0) is 29.4. The van der Waals surface area contributed by atoms with Crippen molar-refractivity contribution in [2.75, 3.05) is 0 Å². The first-order chi connectivity index (χ1) is 18.7. The molecule has 0 radical (unpaired) electrons. The molecule has 0 saturated heterocycles. The zero-order valence-electron chi connectivity index (χ0n) is 21.0. The molecular weight excluding hydrogens is 572 g/mol. The molecule has 0 aliphatic rings. The van der Waals surface area contributed by atoms with Crippen molar-refractivity contribution < 1.29 is 37.0 Å². The standard InChI is InChI=1S/C28H21Cl2F3N2O5/c1-15-24(25(37)16-3-6-19(29)7-4-16)21-9-8-20(40-28(31,32)33)12-23(21)35(15)13-17-11-18(5-10-22(17)30)27(2,26(34)38)39-14-36/h3-12,14H,13H2,1-2H3,(H2,34,38)/t27-/m0/s1. The second kappa shape index (κ2) is 10.9. The Balaban J connectivity index is 1.90. The third-order valence-corrected chi connectivity index (χ3v) is 7.16. The molecule has 0 bridgehead atoms. The van der Waals surface area contributed by atoms with Gasteiger partial charge in [-0.1, -0.05) is 29.3 Å². The molecule has 4 aromatic rings. The van der Waals surface area contributed by atoms with Gasteiger partial charge >= 0.3 is 6.36 Å². The molecular formula is C28H21Cl2F3N2O5. The molecule has 208 valence electrons. The number of primary amides is 1. The SMILES string of the molecule is Cc1c(C(=O)c2ccc(Cl)cc2)c2ccc(OC(F)(F)F)cc2n1Cc1cc([C@](C)(OC=O)C(N)=O)ccc1Cl. The van der Waals surface area contributed by atoms with Gasteiger partial charge in [0.2, 0.25) is 5.60 Å². The van der Waals surface area contributed by atoms with Crippen molar-refractivity contribution in [1.29, 1.82) is 0 Å². The highest BCUT2D eigenvalue weighted by Crippen LogP contribution is 2.35. The van der Waals surface area contributed by atoms with Crippen LogP contribution in [-0.2, 0) is 26.5 Å². The van der Waals surface area contributed by atoms with Gasteiger partial charge in [-0.3, -0.25) is 14.4 Å². The molecule has 0 fully saturated rings. The van der Waals surface area contributed by atoms with E-state index < -0.39 is 23.6 Å². The fourth-order valence-electron chi connectivity index (χ4n) is 4.42. The summed E-state index contributed by atoms with van der Waals surface area (Å²) in [5, 5.41) is 1.06. The fraction of sp³-hybridized carbons (Fsp3) is 0.179. The molecule has 0 unspecified atom stereocenters. The number of nitrogens with two attached hydrogens (primary N) is 1. The van der Waals surface area contributed by atoms with Crippen LogP contribution in [-0.4, -0.2) is 29.1 Å². The number of carbonyl (C=O) groups is 3. The summed E-state index contributed by atoms with van der Waals surface area (Å²) in [7, 11) is 0. The van der Waals surface area contributed by atoms with Crippen LogP contribution in [0.3, 0.4) is 0 Å². The molecule has 1 aromatic heterocycles. The number of amides is 1. The number of hydrogen-bond acceptors (Lipinski definition) is 5. The van der Waals surface area contributed by atoms with E-state index in [9.17, 15) is 27.6 Å². The summed E-state index contributed by atoms with van der Waals surface area (Å²) in [5.74, 6) is -1.78. The molecule has 12 heteroatoms. The summed E-state index contributed by atoms with van der Waals surface area (Å²) in [6.45, 7) is 3.03. The van der Waals surface area contributed by atoms with E-state index in [4.69, 9.17) is 33.7 Å². The largest absolute Gasteiger partial charge is 0.573 e. The summed E-state index contributed by atoms with van der Waals surface area (Å²) >= 11 is 12.4. The molecule has 0 aliphatic carbocycles. The van der Waals surface area contributed by atoms with E-state index in [-0.39, 0.29) is 40.5 Å². The average molecular weight is 593 g/mol. The lowest BCUT2D eigenvalue weighted by Crippen LogP contribution is -2.40. The lowest BCUT2D eigenvalue weighted by Gasteiger charge is -2.25. The minimum atomic E-state index is -4.93. The van der Waals surface area contributed by atoms with E-state index in [1.807, 2.05) is 0 Å². The number of aromatic nitrogens is 1. The molecule has 7 nitrogen and oxygen atoms in total. The molecule has 1 atom stereocenters. The quantitative estimate of drug-likeness (QED) is 0.181. The number of ether oxygens (including phenoxy) is 2. The second-order valence-electron chi connectivity index (χ2n) is 9.03. The third-order valence-electron chi connectivity index (χ3n) is 6.54. The van der Waals surface area contributed by atoms with Crippen molar-refractivity contribution in [3.63, 3.8) is 0 Å². The first-order valence-electron chi connectivity index (χ1n) is 11.6. The number of hydrogen-bond donors (Lipinski definition) is 1. The van der Waals surface area contributed by atoms with Crippen LogP contribution in [0, 0.1) is 6.92 Å². The van der Waals surface area contributed by atoms with Crippen LogP contribution in [0.15, 0.2) is 60.7 Å². The Morgan fingerprint density at radius 2 is 1.70 bits per heavy atom. The number of fused-ring (bicyclic) bond motifs is 1. The van der Waals surface area contributed by atoms with Gasteiger partial charge in [0.1, 0.15) is 5.75 Å². The normalized spacial score (nSPS) is 13.1. The Morgan fingerprint density at radius 1 is 1.02 bits per heavy atom. The van der Waals surface area contributed by atoms with Crippen LogP contribution >= 0.6 is 23.2 Å². The molecule has 1 amide bonds. The lowest BCUT2D eigenvalue weighted by molar-refractivity contribution is -0.274. The van der Waals surface area contributed by atoms with Crippen LogP contribution in [0.4, 0.5) is 13.2 Å². The highest BCUT2D eigenvalue weighted by atomic mass is 35.5. The highest BCUT2D eigenvalue weighted by Gasteiger charge is 2.36. The summed E-state index contributed by atoms with van der Waals surface area (Å²) in [6, 6.07) is 14.3. The molecule has 3 aromatic carbocycles. The van der Waals surface area contributed by atoms with Gasteiger partial charge in [-0.25, -0.2) is 0 Å². The predicted molar refractivity (Wildman–Crippen MR) is 142 cm³/mol. The van der Waals surface area contributed by atoms with Gasteiger partial charge in [0.05, 0.1) is 11.1 Å². The average Bonchev–Trinajstić information content (AvgIpc) is 3.14. The monoisotopic (exact) mass is 592 g/mol. The van der Waals surface area contributed by atoms with E-state index >= 15 is 0 Å². The van der Waals surface area contributed by atoms with Crippen molar-refractivity contribution >= 4 is 52.3 Å². The molecule has 1 heterocycles. The van der Waals surface area contributed by atoms with Crippen molar-refractivity contribution in [2.24, 2.45) is 5.73 Å². The van der Waals surface area contributed by atoms with Gasteiger partial charge < -0.3 is 19.8 Å². The number of ketones is 1. The number of benzene rings is 3. The van der Waals surface area contributed by atoms with E-state index in [2.05, 4.69) is 4.74 Å². The first-order valence-corrected chi connectivity index (χ1v) is 12.4. The van der Waals surface area contributed by atoms with Crippen molar-refractivity contribution in [3.05, 3.63) is 98.7 Å². The first kappa shape index (κ1) is 29.0. The minimum absolute atomic E-state index is 0.0334. The van der Waals surface area contributed by atoms with E-state index in [0.717, 1.165) is 6.07 Å². The molecule has 0 spiro atoms. The maximum atomic E-state index is 13.6. The van der Waals surface area contributed by atoms with Crippen molar-refractivity contribution in [1.82, 2.24) is 4.57 Å². The Morgan fingerprint density at radius 3 is 2.30 bits per heavy atom. The maximum Gasteiger partial charge on any atom is 0.573 e. The van der Waals surface area contributed by atoms with Gasteiger partial charge in [-0.15, -0.1) is 13.2 Å². The minimum Gasteiger partial charge on any atom is -0.446 e.